The van der Waals surface area contributed by atoms with Gasteiger partial charge in [0.25, 0.3) is 0 Å². The molecule has 238 valence electrons. The third-order valence-corrected chi connectivity index (χ3v) is 13.2. The lowest BCUT2D eigenvalue weighted by atomic mass is 9.65. The maximum atomic E-state index is 14.1. The lowest BCUT2D eigenvalue weighted by molar-refractivity contribution is -0.0722. The van der Waals surface area contributed by atoms with Gasteiger partial charge in [-0.2, -0.15) is 4.31 Å². The van der Waals surface area contributed by atoms with Crippen molar-refractivity contribution < 1.29 is 23.4 Å². The highest BCUT2D eigenvalue weighted by atomic mass is 32.2. The van der Waals surface area contributed by atoms with Crippen molar-refractivity contribution in [2.45, 2.75) is 89.8 Å². The first-order valence-electron chi connectivity index (χ1n) is 15.6. The molecule has 3 aromatic rings. The molecule has 6 rings (SSSR count). The van der Waals surface area contributed by atoms with Gasteiger partial charge in [-0.3, -0.25) is 4.79 Å². The summed E-state index contributed by atoms with van der Waals surface area (Å²) in [5, 5.41) is 25.4. The monoisotopic (exact) mass is 655 g/mol. The van der Waals surface area contributed by atoms with Crippen LogP contribution >= 0.6 is 22.7 Å². The second-order valence-corrected chi connectivity index (χ2v) is 17.4. The second kappa shape index (κ2) is 13.3. The number of allylic oxidation sites excluding steroid dienone is 2. The molecule has 6 nitrogen and oxygen atoms in total. The Labute approximate surface area is 270 Å². The zero-order chi connectivity index (χ0) is 31.7. The van der Waals surface area contributed by atoms with Crippen LogP contribution in [0.1, 0.15) is 94.4 Å². The Morgan fingerprint density at radius 3 is 2.59 bits per heavy atom. The molecule has 0 aliphatic heterocycles. The van der Waals surface area contributed by atoms with Crippen LogP contribution in [-0.2, 0) is 22.9 Å². The van der Waals surface area contributed by atoms with E-state index in [0.717, 1.165) is 33.7 Å². The van der Waals surface area contributed by atoms with Gasteiger partial charge in [0.2, 0.25) is 15.8 Å². The van der Waals surface area contributed by atoms with Gasteiger partial charge >= 0.3 is 0 Å². The fraction of sp³-hybridized carbons (Fsp3) is 0.514. The first-order valence-corrected chi connectivity index (χ1v) is 19.1. The van der Waals surface area contributed by atoms with Crippen molar-refractivity contribution in [3.8, 4) is 0 Å². The zero-order valence-electron chi connectivity index (χ0n) is 26.2. The molecule has 4 atom stereocenters. The number of aryl methyl sites for hydroxylation is 1. The predicted molar refractivity (Wildman–Crippen MR) is 180 cm³/mol. The van der Waals surface area contributed by atoms with Crippen LogP contribution in [0.2, 0.25) is 0 Å². The SMILES string of the molecule is CC1=CCCC2(C)C(CCC2(O)CN(CCc2cccs2)S(C)(=O)=O)c2ccc(cc2C(=O)c2ccc(C)s2)CC(O)CC1. The third kappa shape index (κ3) is 7.13. The normalized spacial score (nSPS) is 26.4. The van der Waals surface area contributed by atoms with E-state index in [1.165, 1.54) is 27.5 Å². The largest absolute Gasteiger partial charge is 0.393 e. The highest BCUT2D eigenvalue weighted by molar-refractivity contribution is 7.88. The number of rotatable bonds is 8. The minimum absolute atomic E-state index is 0.0184. The van der Waals surface area contributed by atoms with Gasteiger partial charge in [0.05, 0.1) is 22.8 Å². The Morgan fingerprint density at radius 2 is 1.91 bits per heavy atom. The Kier molecular flexibility index (Phi) is 10.0. The third-order valence-electron chi connectivity index (χ3n) is 9.98. The number of fused-ring (bicyclic) bond motifs is 8. The number of carbonyl (C=O) groups is 1. The molecule has 0 spiro atoms. The van der Waals surface area contributed by atoms with E-state index in [1.54, 1.807) is 11.3 Å². The summed E-state index contributed by atoms with van der Waals surface area (Å²) in [7, 11) is -3.59. The second-order valence-electron chi connectivity index (χ2n) is 13.1. The van der Waals surface area contributed by atoms with E-state index in [4.69, 9.17) is 0 Å². The van der Waals surface area contributed by atoms with Gasteiger partial charge in [-0.05, 0) is 112 Å². The van der Waals surface area contributed by atoms with E-state index in [-0.39, 0.29) is 18.2 Å². The molecule has 2 N–H and O–H groups in total. The summed E-state index contributed by atoms with van der Waals surface area (Å²) >= 11 is 3.08. The average Bonchev–Trinajstić information content (AvgIpc) is 3.70. The average molecular weight is 656 g/mol. The molecular weight excluding hydrogens is 611 g/mol. The fourth-order valence-electron chi connectivity index (χ4n) is 7.23. The van der Waals surface area contributed by atoms with E-state index in [9.17, 15) is 23.4 Å². The van der Waals surface area contributed by atoms with Crippen LogP contribution in [-0.4, -0.2) is 59.8 Å². The molecule has 2 bridgehead atoms. The molecule has 3 aliphatic carbocycles. The summed E-state index contributed by atoms with van der Waals surface area (Å²) < 4.78 is 27.6. The molecule has 1 saturated carbocycles. The summed E-state index contributed by atoms with van der Waals surface area (Å²) in [4.78, 5) is 16.9. The van der Waals surface area contributed by atoms with Crippen LogP contribution in [0.25, 0.3) is 0 Å². The summed E-state index contributed by atoms with van der Waals surface area (Å²) in [6.07, 6.45) is 7.84. The van der Waals surface area contributed by atoms with E-state index in [0.29, 0.717) is 55.5 Å². The van der Waals surface area contributed by atoms with E-state index >= 15 is 0 Å². The van der Waals surface area contributed by atoms with Gasteiger partial charge < -0.3 is 10.2 Å². The van der Waals surface area contributed by atoms with Crippen molar-refractivity contribution in [2.75, 3.05) is 19.3 Å². The smallest absolute Gasteiger partial charge is 0.211 e. The molecule has 2 heterocycles. The predicted octanol–water partition coefficient (Wildman–Crippen LogP) is 6.89. The van der Waals surface area contributed by atoms with Crippen LogP contribution in [0.3, 0.4) is 0 Å². The standard InChI is InChI=1S/C35H45NO5S3/c1-24-7-5-17-34(3)31(15-18-35(34,39)23-36(44(4,40)41)19-16-28-8-6-20-42-28)29-13-11-26(21-27(37)12-9-24)22-30(29)33(38)32-14-10-25(2)43-32/h6-8,10-11,13-14,20,22,27,31,37,39H,5,9,12,15-19,21,23H2,1-4H3. The number of hydrogen-bond donors (Lipinski definition) is 2. The van der Waals surface area contributed by atoms with Crippen molar-refractivity contribution >= 4 is 38.5 Å². The maximum Gasteiger partial charge on any atom is 0.211 e. The number of sulfonamides is 1. The number of aliphatic hydroxyl groups excluding tert-OH is 1. The minimum Gasteiger partial charge on any atom is -0.393 e. The van der Waals surface area contributed by atoms with Crippen LogP contribution in [0, 0.1) is 12.3 Å². The quantitative estimate of drug-likeness (QED) is 0.204. The fourth-order valence-corrected chi connectivity index (χ4v) is 9.62. The van der Waals surface area contributed by atoms with Gasteiger partial charge in [-0.15, -0.1) is 22.7 Å². The Bertz CT molecular complexity index is 1610. The highest BCUT2D eigenvalue weighted by Crippen LogP contribution is 2.59. The number of aliphatic hydroxyl groups is 2. The molecule has 2 aromatic heterocycles. The number of benzene rings is 1. The van der Waals surface area contributed by atoms with Gasteiger partial charge in [0.1, 0.15) is 0 Å². The molecule has 9 heteroatoms. The van der Waals surface area contributed by atoms with Crippen LogP contribution in [0.5, 0.6) is 0 Å². The summed E-state index contributed by atoms with van der Waals surface area (Å²) in [6.45, 7) is 6.50. The molecule has 0 amide bonds. The number of hydrogen-bond acceptors (Lipinski definition) is 7. The number of nitrogens with zero attached hydrogens (tertiary/aromatic N) is 1. The van der Waals surface area contributed by atoms with Crippen molar-refractivity contribution in [3.05, 3.63) is 90.8 Å². The maximum absolute atomic E-state index is 14.1. The van der Waals surface area contributed by atoms with Gasteiger partial charge in [0.15, 0.2) is 0 Å². The molecule has 1 aromatic carbocycles. The van der Waals surface area contributed by atoms with Crippen molar-refractivity contribution in [1.29, 1.82) is 0 Å². The Hall–Kier alpha value is -2.14. The van der Waals surface area contributed by atoms with Crippen LogP contribution in [0.15, 0.2) is 59.5 Å². The molecule has 3 aliphatic rings. The summed E-state index contributed by atoms with van der Waals surface area (Å²) in [6, 6.07) is 13.8. The minimum atomic E-state index is -3.59. The molecule has 0 saturated heterocycles. The van der Waals surface area contributed by atoms with E-state index in [1.807, 2.05) is 54.8 Å². The Balaban J connectivity index is 1.58. The first kappa shape index (κ1) is 33.2. The Morgan fingerprint density at radius 1 is 1.11 bits per heavy atom. The number of thiophene rings is 2. The van der Waals surface area contributed by atoms with E-state index < -0.39 is 27.1 Å². The van der Waals surface area contributed by atoms with Crippen molar-refractivity contribution in [3.63, 3.8) is 0 Å². The topological polar surface area (TPSA) is 94.9 Å². The van der Waals surface area contributed by atoms with Crippen molar-refractivity contribution in [2.24, 2.45) is 5.41 Å². The first-order chi connectivity index (χ1) is 20.8. The lowest BCUT2D eigenvalue weighted by Crippen LogP contribution is -2.54. The molecule has 1 fully saturated rings. The molecule has 44 heavy (non-hydrogen) atoms. The van der Waals surface area contributed by atoms with Crippen molar-refractivity contribution in [1.82, 2.24) is 4.31 Å². The highest BCUT2D eigenvalue weighted by Gasteiger charge is 2.57. The van der Waals surface area contributed by atoms with Gasteiger partial charge in [-0.1, -0.05) is 36.8 Å². The molecule has 4 unspecified atom stereocenters. The van der Waals surface area contributed by atoms with Crippen LogP contribution in [0.4, 0.5) is 0 Å². The summed E-state index contributed by atoms with van der Waals surface area (Å²) in [5.41, 5.74) is 1.67. The van der Waals surface area contributed by atoms with Crippen LogP contribution < -0.4 is 0 Å². The molecule has 0 radical (unpaired) electrons. The van der Waals surface area contributed by atoms with Gasteiger partial charge in [-0.25, -0.2) is 8.42 Å². The molecular formula is C35H45NO5S3. The summed E-state index contributed by atoms with van der Waals surface area (Å²) in [5.74, 6) is -0.189. The van der Waals surface area contributed by atoms with E-state index in [2.05, 4.69) is 19.9 Å². The zero-order valence-corrected chi connectivity index (χ0v) is 28.7. The number of ketones is 1. The van der Waals surface area contributed by atoms with Gasteiger partial charge in [0, 0.05) is 33.8 Å². The lowest BCUT2D eigenvalue weighted by Gasteiger charge is -2.45. The number of carbonyl (C=O) groups excluding carboxylic acids is 1.